The van der Waals surface area contributed by atoms with Gasteiger partial charge in [0.1, 0.15) is 0 Å². The van der Waals surface area contributed by atoms with Crippen molar-refractivity contribution in [1.82, 2.24) is 15.1 Å². The van der Waals surface area contributed by atoms with E-state index in [1.807, 2.05) is 0 Å². The van der Waals surface area contributed by atoms with Crippen LogP contribution in [0.15, 0.2) is 24.3 Å². The van der Waals surface area contributed by atoms with Crippen molar-refractivity contribution in [1.29, 1.82) is 0 Å². The van der Waals surface area contributed by atoms with E-state index >= 15 is 0 Å². The molecule has 0 saturated carbocycles. The highest BCUT2D eigenvalue weighted by Gasteiger charge is 2.30. The highest BCUT2D eigenvalue weighted by molar-refractivity contribution is 5.97. The Morgan fingerprint density at radius 1 is 0.829 bits per heavy atom. The SMILES string of the molecule is CC(CN(CC(=O)O)CC(Cc1ccc(N)cc1)N(CC(=O)O)CC(=O)O)NC(C(=O)O)C(=O)O. The molecular weight excluding hydrogens is 468 g/mol. The van der Waals surface area contributed by atoms with Crippen molar-refractivity contribution in [2.24, 2.45) is 0 Å². The molecule has 0 aliphatic rings. The van der Waals surface area contributed by atoms with Gasteiger partial charge in [-0.25, -0.2) is 9.59 Å². The Morgan fingerprint density at radius 2 is 1.31 bits per heavy atom. The van der Waals surface area contributed by atoms with Gasteiger partial charge in [0.25, 0.3) is 0 Å². The van der Waals surface area contributed by atoms with E-state index in [1.54, 1.807) is 24.3 Å². The number of rotatable bonds is 17. The molecule has 14 nitrogen and oxygen atoms in total. The Balaban J connectivity index is 3.21. The van der Waals surface area contributed by atoms with Crippen molar-refractivity contribution in [3.8, 4) is 0 Å². The normalized spacial score (nSPS) is 13.0. The molecule has 1 rings (SSSR count). The summed E-state index contributed by atoms with van der Waals surface area (Å²) in [5.74, 6) is -7.04. The molecular formula is C21H30N4O10. The van der Waals surface area contributed by atoms with Gasteiger partial charge < -0.3 is 31.3 Å². The highest BCUT2D eigenvalue weighted by Crippen LogP contribution is 2.14. The van der Waals surface area contributed by atoms with Gasteiger partial charge in [-0.2, -0.15) is 0 Å². The van der Waals surface area contributed by atoms with Gasteiger partial charge in [0.05, 0.1) is 19.6 Å². The molecule has 2 unspecified atom stereocenters. The van der Waals surface area contributed by atoms with Crippen molar-refractivity contribution in [2.45, 2.75) is 31.5 Å². The van der Waals surface area contributed by atoms with Crippen LogP contribution in [0.2, 0.25) is 0 Å². The molecule has 0 heterocycles. The predicted molar refractivity (Wildman–Crippen MR) is 121 cm³/mol. The first-order valence-electron chi connectivity index (χ1n) is 10.5. The largest absolute Gasteiger partial charge is 0.480 e. The molecule has 0 fully saturated rings. The second kappa shape index (κ2) is 13.8. The predicted octanol–water partition coefficient (Wildman–Crippen LogP) is -1.45. The van der Waals surface area contributed by atoms with E-state index in [0.717, 1.165) is 0 Å². The number of aliphatic carboxylic acids is 5. The van der Waals surface area contributed by atoms with Crippen LogP contribution in [0.3, 0.4) is 0 Å². The molecule has 35 heavy (non-hydrogen) atoms. The Labute approximate surface area is 200 Å². The van der Waals surface area contributed by atoms with Crippen LogP contribution in [-0.4, -0.2) is 116 Å². The summed E-state index contributed by atoms with van der Waals surface area (Å²) in [4.78, 5) is 59.1. The van der Waals surface area contributed by atoms with Crippen LogP contribution in [-0.2, 0) is 30.4 Å². The second-order valence-electron chi connectivity index (χ2n) is 8.06. The molecule has 1 aromatic rings. The van der Waals surface area contributed by atoms with Crippen molar-refractivity contribution in [3.05, 3.63) is 29.8 Å². The third-order valence-corrected chi connectivity index (χ3v) is 4.95. The molecule has 2 atom stereocenters. The number of nitrogens with one attached hydrogen (secondary N) is 1. The van der Waals surface area contributed by atoms with Crippen LogP contribution in [0.1, 0.15) is 12.5 Å². The molecule has 0 bridgehead atoms. The Morgan fingerprint density at radius 3 is 1.74 bits per heavy atom. The number of hydrogen-bond acceptors (Lipinski definition) is 9. The van der Waals surface area contributed by atoms with E-state index in [1.165, 1.54) is 16.7 Å². The lowest BCUT2D eigenvalue weighted by molar-refractivity contribution is -0.152. The van der Waals surface area contributed by atoms with Crippen molar-refractivity contribution < 1.29 is 49.5 Å². The van der Waals surface area contributed by atoms with E-state index < -0.39 is 67.6 Å². The quantitative estimate of drug-likeness (QED) is 0.0962. The third-order valence-electron chi connectivity index (χ3n) is 4.95. The molecule has 0 aliphatic heterocycles. The monoisotopic (exact) mass is 498 g/mol. The molecule has 0 aromatic heterocycles. The zero-order valence-electron chi connectivity index (χ0n) is 19.0. The summed E-state index contributed by atoms with van der Waals surface area (Å²) in [7, 11) is 0. The lowest BCUT2D eigenvalue weighted by atomic mass is 10.0. The van der Waals surface area contributed by atoms with E-state index in [0.29, 0.717) is 11.3 Å². The molecule has 14 heteroatoms. The van der Waals surface area contributed by atoms with Crippen molar-refractivity contribution in [3.63, 3.8) is 0 Å². The molecule has 194 valence electrons. The lowest BCUT2D eigenvalue weighted by Gasteiger charge is -2.35. The zero-order chi connectivity index (χ0) is 26.7. The average Bonchev–Trinajstić information content (AvgIpc) is 2.71. The second-order valence-corrected chi connectivity index (χ2v) is 8.06. The van der Waals surface area contributed by atoms with Gasteiger partial charge >= 0.3 is 29.8 Å². The van der Waals surface area contributed by atoms with Crippen LogP contribution in [0, 0.1) is 0 Å². The topological polar surface area (TPSA) is 231 Å². The van der Waals surface area contributed by atoms with Crippen molar-refractivity contribution in [2.75, 3.05) is 38.5 Å². The van der Waals surface area contributed by atoms with Gasteiger partial charge in [-0.1, -0.05) is 12.1 Å². The van der Waals surface area contributed by atoms with Gasteiger partial charge in [-0.05, 0) is 31.0 Å². The number of nitrogens with two attached hydrogens (primary N) is 1. The minimum absolute atomic E-state index is 0.103. The molecule has 1 aromatic carbocycles. The number of nitrogens with zero attached hydrogens (tertiary/aromatic N) is 2. The van der Waals surface area contributed by atoms with Crippen LogP contribution in [0.25, 0.3) is 0 Å². The summed E-state index contributed by atoms with van der Waals surface area (Å²) in [5.41, 5.74) is 6.87. The van der Waals surface area contributed by atoms with Gasteiger partial charge in [0.2, 0.25) is 6.04 Å². The highest BCUT2D eigenvalue weighted by atomic mass is 16.4. The number of carboxylic acid groups (broad SMARTS) is 5. The Kier molecular flexibility index (Phi) is 11.6. The lowest BCUT2D eigenvalue weighted by Crippen LogP contribution is -2.54. The standard InChI is InChI=1S/C21H30N4O10/c1-12(23-19(20(32)33)21(34)35)7-24(9-16(26)27)8-15(6-13-2-4-14(22)5-3-13)25(10-17(28)29)11-18(30)31/h2-5,12,15,19,23H,6-11,22H2,1H3,(H,26,27)(H,28,29)(H,30,31)(H,32,33)(H,34,35). The van der Waals surface area contributed by atoms with Crippen molar-refractivity contribution >= 4 is 35.5 Å². The molecule has 0 amide bonds. The molecule has 0 radical (unpaired) electrons. The molecule has 0 aliphatic carbocycles. The first-order valence-corrected chi connectivity index (χ1v) is 10.5. The maximum Gasteiger partial charge on any atom is 0.332 e. The summed E-state index contributed by atoms with van der Waals surface area (Å²) in [5, 5.41) is 48.5. The number of anilines is 1. The van der Waals surface area contributed by atoms with Crippen LogP contribution in [0.4, 0.5) is 5.69 Å². The first kappa shape index (κ1) is 29.3. The van der Waals surface area contributed by atoms with E-state index in [4.69, 9.17) is 15.9 Å². The average molecular weight is 498 g/mol. The van der Waals surface area contributed by atoms with E-state index in [-0.39, 0.29) is 19.5 Å². The Bertz CT molecular complexity index is 878. The van der Waals surface area contributed by atoms with Gasteiger partial charge in [0, 0.05) is 30.9 Å². The number of carbonyl (C=O) groups is 5. The zero-order valence-corrected chi connectivity index (χ0v) is 19.0. The molecule has 0 spiro atoms. The summed E-state index contributed by atoms with van der Waals surface area (Å²) in [6.07, 6.45) is 0.158. The first-order chi connectivity index (χ1) is 16.3. The molecule has 8 N–H and O–H groups in total. The minimum Gasteiger partial charge on any atom is -0.480 e. The van der Waals surface area contributed by atoms with Crippen LogP contribution < -0.4 is 11.1 Å². The smallest absolute Gasteiger partial charge is 0.332 e. The third kappa shape index (κ3) is 11.3. The maximum atomic E-state index is 11.5. The summed E-state index contributed by atoms with van der Waals surface area (Å²) >= 11 is 0. The fourth-order valence-corrected chi connectivity index (χ4v) is 3.56. The molecule has 0 saturated heterocycles. The Hall–Kier alpha value is -3.75. The van der Waals surface area contributed by atoms with E-state index in [9.17, 15) is 39.3 Å². The number of hydrogen-bond donors (Lipinski definition) is 7. The van der Waals surface area contributed by atoms with Crippen LogP contribution >= 0.6 is 0 Å². The summed E-state index contributed by atoms with van der Waals surface area (Å²) in [6, 6.07) is 3.10. The maximum absolute atomic E-state index is 11.5. The number of benzene rings is 1. The van der Waals surface area contributed by atoms with E-state index in [2.05, 4.69) is 5.32 Å². The minimum atomic E-state index is -1.92. The van der Waals surface area contributed by atoms with Gasteiger partial charge in [-0.3, -0.25) is 29.5 Å². The fourth-order valence-electron chi connectivity index (χ4n) is 3.56. The van der Waals surface area contributed by atoms with Gasteiger partial charge in [-0.15, -0.1) is 0 Å². The number of carboxylic acids is 5. The number of nitrogen functional groups attached to an aromatic ring is 1. The fraction of sp³-hybridized carbons (Fsp3) is 0.476. The van der Waals surface area contributed by atoms with Gasteiger partial charge in [0.15, 0.2) is 0 Å². The van der Waals surface area contributed by atoms with Crippen LogP contribution in [0.5, 0.6) is 0 Å². The summed E-state index contributed by atoms with van der Waals surface area (Å²) < 4.78 is 0. The summed E-state index contributed by atoms with van der Waals surface area (Å²) in [6.45, 7) is -0.539.